The van der Waals surface area contributed by atoms with Crippen molar-refractivity contribution in [2.45, 2.75) is 12.6 Å². The first-order valence-electron chi connectivity index (χ1n) is 5.69. The Bertz CT molecular complexity index is 661. The Morgan fingerprint density at radius 2 is 2.00 bits per heavy atom. The Hall–Kier alpha value is -1.78. The molecule has 1 heterocycles. The fourth-order valence-electron chi connectivity index (χ4n) is 2.52. The van der Waals surface area contributed by atoms with Crippen LogP contribution in [-0.2, 0) is 11.3 Å². The summed E-state index contributed by atoms with van der Waals surface area (Å²) in [5, 5.41) is 14.5. The van der Waals surface area contributed by atoms with Gasteiger partial charge in [0.25, 0.3) is 0 Å². The Labute approximate surface area is 109 Å². The summed E-state index contributed by atoms with van der Waals surface area (Å²) in [5.74, 6) is -1.03. The van der Waals surface area contributed by atoms with Gasteiger partial charge in [-0.1, -0.05) is 48.6 Å². The van der Waals surface area contributed by atoms with Crippen molar-refractivity contribution in [2.75, 3.05) is 0 Å². The molecule has 3 rings (SSSR count). The van der Waals surface area contributed by atoms with Crippen molar-refractivity contribution in [1.29, 1.82) is 0 Å². The average Bonchev–Trinajstić information content (AvgIpc) is 2.39. The molecule has 0 saturated carbocycles. The van der Waals surface area contributed by atoms with E-state index in [2.05, 4.69) is 11.4 Å². The van der Waals surface area contributed by atoms with Gasteiger partial charge in [-0.25, -0.2) is 4.79 Å². The van der Waals surface area contributed by atoms with Crippen molar-refractivity contribution in [2.24, 2.45) is 0 Å². The predicted octanol–water partition coefficient (Wildman–Crippen LogP) is 2.44. The zero-order chi connectivity index (χ0) is 12.7. The molecule has 4 heteroatoms. The lowest BCUT2D eigenvalue weighted by atomic mass is 9.90. The van der Waals surface area contributed by atoms with Crippen LogP contribution in [0.5, 0.6) is 0 Å². The summed E-state index contributed by atoms with van der Waals surface area (Å²) in [5.41, 5.74) is 2.15. The molecule has 2 aromatic carbocycles. The highest BCUT2D eigenvalue weighted by Crippen LogP contribution is 2.32. The van der Waals surface area contributed by atoms with Crippen LogP contribution >= 0.6 is 12.2 Å². The number of carboxylic acids is 1. The van der Waals surface area contributed by atoms with Gasteiger partial charge in [0.1, 0.15) is 4.86 Å². The summed E-state index contributed by atoms with van der Waals surface area (Å²) < 4.78 is 0. The number of nitrogens with one attached hydrogen (secondary N) is 1. The van der Waals surface area contributed by atoms with Crippen LogP contribution in [0.15, 0.2) is 36.4 Å². The number of rotatable bonds is 2. The van der Waals surface area contributed by atoms with Gasteiger partial charge in [-0.2, -0.15) is 0 Å². The molecule has 1 unspecified atom stereocenters. The summed E-state index contributed by atoms with van der Waals surface area (Å²) in [6.07, 6.45) is 0. The molecular formula is C14H11NO2S. The second-order valence-electron chi connectivity index (χ2n) is 4.35. The van der Waals surface area contributed by atoms with E-state index in [1.807, 2.05) is 30.3 Å². The van der Waals surface area contributed by atoms with Crippen LogP contribution in [0, 0.1) is 0 Å². The highest BCUT2D eigenvalue weighted by Gasteiger charge is 2.27. The maximum absolute atomic E-state index is 11.0. The van der Waals surface area contributed by atoms with Gasteiger partial charge < -0.3 is 10.4 Å². The standard InChI is InChI=1S/C14H11NO2S/c16-14(17)13(18)12-10-6-2-4-8-3-1-5-9(7-15-12)11(8)10/h1-6,12,15H,7H2,(H,16,17). The van der Waals surface area contributed by atoms with E-state index < -0.39 is 5.97 Å². The molecule has 3 nitrogen and oxygen atoms in total. The maximum Gasteiger partial charge on any atom is 0.344 e. The number of hydrogen-bond donors (Lipinski definition) is 2. The SMILES string of the molecule is O=C(O)C(=S)C1NCc2cccc3cccc1c23. The minimum atomic E-state index is -1.03. The number of hydrogen-bond acceptors (Lipinski definition) is 3. The van der Waals surface area contributed by atoms with E-state index in [0.29, 0.717) is 6.54 Å². The molecule has 1 aliphatic rings. The molecule has 0 aliphatic carbocycles. The largest absolute Gasteiger partial charge is 0.477 e. The third-order valence-corrected chi connectivity index (χ3v) is 3.71. The Morgan fingerprint density at radius 3 is 2.72 bits per heavy atom. The molecule has 0 saturated heterocycles. The summed E-state index contributed by atoms with van der Waals surface area (Å²) in [6, 6.07) is 11.6. The first-order chi connectivity index (χ1) is 8.68. The average molecular weight is 257 g/mol. The van der Waals surface area contributed by atoms with Gasteiger partial charge in [0.15, 0.2) is 0 Å². The van der Waals surface area contributed by atoms with Crippen LogP contribution in [-0.4, -0.2) is 15.9 Å². The van der Waals surface area contributed by atoms with E-state index in [1.54, 1.807) is 0 Å². The van der Waals surface area contributed by atoms with Gasteiger partial charge >= 0.3 is 5.97 Å². The Kier molecular flexibility index (Phi) is 2.61. The molecule has 0 spiro atoms. The highest BCUT2D eigenvalue weighted by molar-refractivity contribution is 7.82. The van der Waals surface area contributed by atoms with E-state index in [4.69, 9.17) is 17.3 Å². The molecule has 90 valence electrons. The lowest BCUT2D eigenvalue weighted by Gasteiger charge is -2.26. The molecule has 0 radical (unpaired) electrons. The van der Waals surface area contributed by atoms with Crippen molar-refractivity contribution in [3.63, 3.8) is 0 Å². The van der Waals surface area contributed by atoms with Gasteiger partial charge in [0, 0.05) is 6.54 Å². The molecule has 0 amide bonds. The van der Waals surface area contributed by atoms with Gasteiger partial charge in [-0.3, -0.25) is 0 Å². The molecule has 2 aromatic rings. The summed E-state index contributed by atoms with van der Waals surface area (Å²) >= 11 is 5.01. The molecule has 0 bridgehead atoms. The van der Waals surface area contributed by atoms with Crippen LogP contribution in [0.1, 0.15) is 17.2 Å². The van der Waals surface area contributed by atoms with E-state index >= 15 is 0 Å². The smallest absolute Gasteiger partial charge is 0.344 e. The second-order valence-corrected chi connectivity index (χ2v) is 4.79. The normalized spacial score (nSPS) is 17.7. The lowest BCUT2D eigenvalue weighted by molar-refractivity contribution is -0.129. The zero-order valence-corrected chi connectivity index (χ0v) is 10.3. The predicted molar refractivity (Wildman–Crippen MR) is 73.8 cm³/mol. The van der Waals surface area contributed by atoms with E-state index in [9.17, 15) is 4.79 Å². The summed E-state index contributed by atoms with van der Waals surface area (Å²) in [4.78, 5) is 11.1. The van der Waals surface area contributed by atoms with Crippen LogP contribution < -0.4 is 5.32 Å². The fraction of sp³-hybridized carbons (Fsp3) is 0.143. The molecule has 0 aromatic heterocycles. The number of benzene rings is 2. The minimum Gasteiger partial charge on any atom is -0.477 e. The first-order valence-corrected chi connectivity index (χ1v) is 6.10. The van der Waals surface area contributed by atoms with Gasteiger partial charge in [0.05, 0.1) is 6.04 Å². The monoisotopic (exact) mass is 257 g/mol. The first kappa shape index (κ1) is 11.3. The molecular weight excluding hydrogens is 246 g/mol. The Morgan fingerprint density at radius 1 is 1.28 bits per heavy atom. The lowest BCUT2D eigenvalue weighted by Crippen LogP contribution is -2.34. The summed E-state index contributed by atoms with van der Waals surface area (Å²) in [7, 11) is 0. The minimum absolute atomic E-state index is 0.0250. The van der Waals surface area contributed by atoms with Gasteiger partial charge in [-0.05, 0) is 21.9 Å². The fourth-order valence-corrected chi connectivity index (χ4v) is 2.73. The number of carboxylic acid groups (broad SMARTS) is 1. The molecule has 1 atom stereocenters. The molecule has 0 fully saturated rings. The Balaban J connectivity index is 2.24. The maximum atomic E-state index is 11.0. The van der Waals surface area contributed by atoms with E-state index in [0.717, 1.165) is 16.3 Å². The van der Waals surface area contributed by atoms with Crippen molar-refractivity contribution in [3.8, 4) is 0 Å². The topological polar surface area (TPSA) is 49.3 Å². The zero-order valence-electron chi connectivity index (χ0n) is 9.51. The van der Waals surface area contributed by atoms with Gasteiger partial charge in [0.2, 0.25) is 0 Å². The van der Waals surface area contributed by atoms with Gasteiger partial charge in [-0.15, -0.1) is 0 Å². The third kappa shape index (κ3) is 1.62. The third-order valence-electron chi connectivity index (χ3n) is 3.30. The molecule has 18 heavy (non-hydrogen) atoms. The van der Waals surface area contributed by atoms with Crippen LogP contribution in [0.2, 0.25) is 0 Å². The molecule has 2 N–H and O–H groups in total. The second kappa shape index (κ2) is 4.15. The quantitative estimate of drug-likeness (QED) is 0.811. The molecule has 1 aliphatic heterocycles. The van der Waals surface area contributed by atoms with Crippen LogP contribution in [0.4, 0.5) is 0 Å². The number of aliphatic carboxylic acids is 1. The van der Waals surface area contributed by atoms with E-state index in [-0.39, 0.29) is 10.9 Å². The van der Waals surface area contributed by atoms with Crippen molar-refractivity contribution < 1.29 is 9.90 Å². The van der Waals surface area contributed by atoms with Crippen molar-refractivity contribution in [3.05, 3.63) is 47.5 Å². The van der Waals surface area contributed by atoms with Crippen molar-refractivity contribution in [1.82, 2.24) is 5.32 Å². The highest BCUT2D eigenvalue weighted by atomic mass is 32.1. The summed E-state index contributed by atoms with van der Waals surface area (Å²) in [6.45, 7) is 0.645. The van der Waals surface area contributed by atoms with Crippen LogP contribution in [0.25, 0.3) is 10.8 Å². The number of thiocarbonyl (C=S) groups is 1. The van der Waals surface area contributed by atoms with E-state index in [1.165, 1.54) is 5.56 Å². The van der Waals surface area contributed by atoms with Crippen LogP contribution in [0.3, 0.4) is 0 Å². The number of carbonyl (C=O) groups is 1. The van der Waals surface area contributed by atoms with Crippen molar-refractivity contribution >= 4 is 33.8 Å².